The number of amides is 1. The SMILES string of the molecule is CCCCCNc1cccc(NC(=O)CC)c1C. The summed E-state index contributed by atoms with van der Waals surface area (Å²) >= 11 is 0. The number of nitrogens with one attached hydrogen (secondary N) is 2. The highest BCUT2D eigenvalue weighted by molar-refractivity contribution is 5.92. The fourth-order valence-electron chi connectivity index (χ4n) is 1.80. The molecule has 0 atom stereocenters. The Morgan fingerprint density at radius 2 is 1.89 bits per heavy atom. The monoisotopic (exact) mass is 248 g/mol. The van der Waals surface area contributed by atoms with Crippen LogP contribution in [0.5, 0.6) is 0 Å². The summed E-state index contributed by atoms with van der Waals surface area (Å²) < 4.78 is 0. The van der Waals surface area contributed by atoms with Crippen molar-refractivity contribution in [1.29, 1.82) is 0 Å². The summed E-state index contributed by atoms with van der Waals surface area (Å²) in [7, 11) is 0. The second-order valence-electron chi connectivity index (χ2n) is 4.51. The molecule has 1 aromatic carbocycles. The van der Waals surface area contributed by atoms with Gasteiger partial charge in [-0.25, -0.2) is 0 Å². The minimum atomic E-state index is 0.0567. The first-order valence-corrected chi connectivity index (χ1v) is 6.82. The third-order valence-corrected chi connectivity index (χ3v) is 3.02. The normalized spacial score (nSPS) is 10.2. The van der Waals surface area contributed by atoms with Gasteiger partial charge >= 0.3 is 0 Å². The molecule has 1 amide bonds. The maximum Gasteiger partial charge on any atom is 0.224 e. The quantitative estimate of drug-likeness (QED) is 0.717. The van der Waals surface area contributed by atoms with E-state index in [2.05, 4.69) is 23.6 Å². The van der Waals surface area contributed by atoms with Gasteiger partial charge in [-0.05, 0) is 31.0 Å². The third-order valence-electron chi connectivity index (χ3n) is 3.02. The van der Waals surface area contributed by atoms with Crippen LogP contribution in [0, 0.1) is 6.92 Å². The van der Waals surface area contributed by atoms with E-state index in [9.17, 15) is 4.79 Å². The predicted octanol–water partition coefficient (Wildman–Crippen LogP) is 3.95. The number of hydrogen-bond acceptors (Lipinski definition) is 2. The lowest BCUT2D eigenvalue weighted by Crippen LogP contribution is -2.11. The van der Waals surface area contributed by atoms with Crippen LogP contribution in [0.3, 0.4) is 0 Å². The molecule has 1 aromatic rings. The number of carbonyl (C=O) groups excluding carboxylic acids is 1. The van der Waals surface area contributed by atoms with Crippen molar-refractivity contribution in [1.82, 2.24) is 0 Å². The lowest BCUT2D eigenvalue weighted by Gasteiger charge is -2.13. The summed E-state index contributed by atoms with van der Waals surface area (Å²) in [5, 5.41) is 6.35. The first-order chi connectivity index (χ1) is 8.69. The topological polar surface area (TPSA) is 41.1 Å². The van der Waals surface area contributed by atoms with Crippen LogP contribution in [0.15, 0.2) is 18.2 Å². The molecular weight excluding hydrogens is 224 g/mol. The van der Waals surface area contributed by atoms with E-state index >= 15 is 0 Å². The van der Waals surface area contributed by atoms with Gasteiger partial charge in [0.2, 0.25) is 5.91 Å². The van der Waals surface area contributed by atoms with Crippen LogP contribution in [-0.4, -0.2) is 12.5 Å². The van der Waals surface area contributed by atoms with Crippen molar-refractivity contribution >= 4 is 17.3 Å². The van der Waals surface area contributed by atoms with Crippen molar-refractivity contribution < 1.29 is 4.79 Å². The first kappa shape index (κ1) is 14.6. The molecule has 18 heavy (non-hydrogen) atoms. The third kappa shape index (κ3) is 4.40. The number of carbonyl (C=O) groups is 1. The summed E-state index contributed by atoms with van der Waals surface area (Å²) in [6, 6.07) is 5.98. The highest BCUT2D eigenvalue weighted by Gasteiger charge is 2.05. The fourth-order valence-corrected chi connectivity index (χ4v) is 1.80. The standard InChI is InChI=1S/C15H24N2O/c1-4-6-7-11-16-13-9-8-10-14(12(13)3)17-15(18)5-2/h8-10,16H,4-7,11H2,1-3H3,(H,17,18). The zero-order valence-corrected chi connectivity index (χ0v) is 11.7. The van der Waals surface area contributed by atoms with E-state index in [1.54, 1.807) is 0 Å². The Labute approximate surface area is 110 Å². The van der Waals surface area contributed by atoms with E-state index in [-0.39, 0.29) is 5.91 Å². The molecule has 0 saturated carbocycles. The Balaban J connectivity index is 2.63. The zero-order valence-electron chi connectivity index (χ0n) is 11.7. The number of hydrogen-bond donors (Lipinski definition) is 2. The molecule has 1 rings (SSSR count). The number of unbranched alkanes of at least 4 members (excludes halogenated alkanes) is 2. The van der Waals surface area contributed by atoms with Gasteiger partial charge < -0.3 is 10.6 Å². The molecule has 3 heteroatoms. The zero-order chi connectivity index (χ0) is 13.4. The first-order valence-electron chi connectivity index (χ1n) is 6.82. The molecule has 0 bridgehead atoms. The van der Waals surface area contributed by atoms with Crippen LogP contribution in [0.2, 0.25) is 0 Å². The molecule has 0 aliphatic carbocycles. The van der Waals surface area contributed by atoms with Gasteiger partial charge in [0.15, 0.2) is 0 Å². The summed E-state index contributed by atoms with van der Waals surface area (Å²) in [4.78, 5) is 11.4. The van der Waals surface area contributed by atoms with Crippen molar-refractivity contribution in [2.75, 3.05) is 17.2 Å². The van der Waals surface area contributed by atoms with Gasteiger partial charge in [-0.3, -0.25) is 4.79 Å². The molecule has 3 nitrogen and oxygen atoms in total. The fraction of sp³-hybridized carbons (Fsp3) is 0.533. The minimum Gasteiger partial charge on any atom is -0.385 e. The molecule has 0 heterocycles. The highest BCUT2D eigenvalue weighted by atomic mass is 16.1. The molecule has 0 aromatic heterocycles. The van der Waals surface area contributed by atoms with E-state index in [1.807, 2.05) is 26.0 Å². The lowest BCUT2D eigenvalue weighted by atomic mass is 10.1. The van der Waals surface area contributed by atoms with Gasteiger partial charge in [0, 0.05) is 24.3 Å². The van der Waals surface area contributed by atoms with Crippen LogP contribution >= 0.6 is 0 Å². The maximum absolute atomic E-state index is 11.4. The molecule has 0 aliphatic rings. The Kier molecular flexibility index (Phi) is 6.26. The van der Waals surface area contributed by atoms with Crippen molar-refractivity contribution in [3.8, 4) is 0 Å². The van der Waals surface area contributed by atoms with Crippen molar-refractivity contribution in [2.24, 2.45) is 0 Å². The highest BCUT2D eigenvalue weighted by Crippen LogP contribution is 2.23. The van der Waals surface area contributed by atoms with E-state index < -0.39 is 0 Å². The van der Waals surface area contributed by atoms with Gasteiger partial charge in [0.25, 0.3) is 0 Å². The second kappa shape index (κ2) is 7.75. The number of anilines is 2. The van der Waals surface area contributed by atoms with Crippen LogP contribution in [0.4, 0.5) is 11.4 Å². The van der Waals surface area contributed by atoms with Crippen molar-refractivity contribution in [3.63, 3.8) is 0 Å². The van der Waals surface area contributed by atoms with Crippen molar-refractivity contribution in [3.05, 3.63) is 23.8 Å². The van der Waals surface area contributed by atoms with Crippen LogP contribution in [0.25, 0.3) is 0 Å². The average Bonchev–Trinajstić information content (AvgIpc) is 2.38. The Hall–Kier alpha value is -1.51. The molecule has 0 spiro atoms. The van der Waals surface area contributed by atoms with E-state index in [0.29, 0.717) is 6.42 Å². The molecule has 100 valence electrons. The van der Waals surface area contributed by atoms with E-state index in [1.165, 1.54) is 19.3 Å². The van der Waals surface area contributed by atoms with E-state index in [0.717, 1.165) is 23.5 Å². The summed E-state index contributed by atoms with van der Waals surface area (Å²) in [5.74, 6) is 0.0567. The second-order valence-corrected chi connectivity index (χ2v) is 4.51. The minimum absolute atomic E-state index is 0.0567. The average molecular weight is 248 g/mol. The van der Waals surface area contributed by atoms with Gasteiger partial charge in [-0.15, -0.1) is 0 Å². The number of rotatable bonds is 7. The molecule has 0 saturated heterocycles. The molecule has 0 unspecified atom stereocenters. The Morgan fingerprint density at radius 1 is 1.17 bits per heavy atom. The van der Waals surface area contributed by atoms with Gasteiger partial charge in [0.05, 0.1) is 0 Å². The maximum atomic E-state index is 11.4. The molecule has 0 fully saturated rings. The molecule has 2 N–H and O–H groups in total. The van der Waals surface area contributed by atoms with Crippen LogP contribution in [-0.2, 0) is 4.79 Å². The molecule has 0 aliphatic heterocycles. The van der Waals surface area contributed by atoms with Gasteiger partial charge in [-0.2, -0.15) is 0 Å². The van der Waals surface area contributed by atoms with Crippen LogP contribution in [0.1, 0.15) is 45.1 Å². The molecular formula is C15H24N2O. The Morgan fingerprint density at radius 3 is 2.56 bits per heavy atom. The van der Waals surface area contributed by atoms with E-state index in [4.69, 9.17) is 0 Å². The lowest BCUT2D eigenvalue weighted by molar-refractivity contribution is -0.115. The summed E-state index contributed by atoms with van der Waals surface area (Å²) in [5.41, 5.74) is 3.12. The van der Waals surface area contributed by atoms with Crippen molar-refractivity contribution in [2.45, 2.75) is 46.5 Å². The summed E-state index contributed by atoms with van der Waals surface area (Å²) in [6.07, 6.45) is 4.17. The smallest absolute Gasteiger partial charge is 0.224 e. The Bertz CT molecular complexity index is 388. The van der Waals surface area contributed by atoms with Gasteiger partial charge in [-0.1, -0.05) is 32.8 Å². The number of benzene rings is 1. The summed E-state index contributed by atoms with van der Waals surface area (Å²) in [6.45, 7) is 7.08. The predicted molar refractivity (Wildman–Crippen MR) is 78.1 cm³/mol. The van der Waals surface area contributed by atoms with Gasteiger partial charge in [0.1, 0.15) is 0 Å². The van der Waals surface area contributed by atoms with Crippen LogP contribution < -0.4 is 10.6 Å². The molecule has 0 radical (unpaired) electrons. The largest absolute Gasteiger partial charge is 0.385 e.